The van der Waals surface area contributed by atoms with Gasteiger partial charge in [0.25, 0.3) is 0 Å². The Morgan fingerprint density at radius 2 is 1.86 bits per heavy atom. The predicted molar refractivity (Wildman–Crippen MR) is 131 cm³/mol. The van der Waals surface area contributed by atoms with Crippen LogP contribution in [0.3, 0.4) is 0 Å². The van der Waals surface area contributed by atoms with Gasteiger partial charge in [-0.2, -0.15) is 13.6 Å². The minimum atomic E-state index is -5.67. The summed E-state index contributed by atoms with van der Waals surface area (Å²) in [6.07, 6.45) is -2.25. The number of nitrogens with zero attached hydrogens (tertiary/aromatic N) is 2. The lowest BCUT2D eigenvalue weighted by Gasteiger charge is -2.19. The fraction of sp³-hybridized carbons (Fsp3) is 0.733. The van der Waals surface area contributed by atoms with Crippen LogP contribution in [0.4, 0.5) is 5.82 Å². The fourth-order valence-corrected chi connectivity index (χ4v) is 7.89. The predicted octanol–water partition coefficient (Wildman–Crippen LogP) is 1.83. The van der Waals surface area contributed by atoms with Gasteiger partial charge in [-0.3, -0.25) is 9.09 Å². The Bertz CT molecular complexity index is 1090. The van der Waals surface area contributed by atoms with E-state index >= 15 is 0 Å². The summed E-state index contributed by atoms with van der Waals surface area (Å²) in [5, 5.41) is 13.2. The molecule has 2 heterocycles. The molecule has 208 valence electrons. The molecule has 16 nitrogen and oxygen atoms in total. The van der Waals surface area contributed by atoms with Gasteiger partial charge in [0.1, 0.15) is 18.1 Å². The highest BCUT2D eigenvalue weighted by Crippen LogP contribution is 2.66. The van der Waals surface area contributed by atoms with Gasteiger partial charge < -0.3 is 34.7 Å². The van der Waals surface area contributed by atoms with Gasteiger partial charge in [-0.05, 0) is 6.07 Å². The van der Waals surface area contributed by atoms with Crippen molar-refractivity contribution < 1.29 is 56.3 Å². The smallest absolute Gasteiger partial charge is 0.390 e. The lowest BCUT2D eigenvalue weighted by Crippen LogP contribution is -2.28. The van der Waals surface area contributed by atoms with Gasteiger partial charge in [0.15, 0.2) is 0 Å². The Hall–Kier alpha value is -0.290. The Labute approximate surface area is 214 Å². The molecule has 21 heteroatoms. The van der Waals surface area contributed by atoms with Gasteiger partial charge in [-0.15, -0.1) is 0 Å². The lowest BCUT2D eigenvalue weighted by molar-refractivity contribution is -0.0449. The summed E-state index contributed by atoms with van der Waals surface area (Å²) in [6, 6.07) is 1.54. The highest BCUT2D eigenvalue weighted by atomic mass is 33.1. The zero-order valence-electron chi connectivity index (χ0n) is 19.3. The van der Waals surface area contributed by atoms with E-state index in [1.54, 1.807) is 21.6 Å². The zero-order chi connectivity index (χ0) is 27.4. The normalized spacial score (nSPS) is 24.3. The van der Waals surface area contributed by atoms with E-state index in [0.29, 0.717) is 12.4 Å². The number of ether oxygens (including phenoxy) is 1. The van der Waals surface area contributed by atoms with Crippen molar-refractivity contribution in [1.29, 1.82) is 0 Å². The summed E-state index contributed by atoms with van der Waals surface area (Å²) in [6.45, 7) is 6.05. The first kappa shape index (κ1) is 31.9. The van der Waals surface area contributed by atoms with Crippen LogP contribution in [0.1, 0.15) is 33.4 Å². The molecule has 0 spiro atoms. The SMILES string of the molecule is CC(C)(C)SSCCNc1ccn([C@H]2C[C@H](O)[C@@H](COP(=O)(O)OP(=O)(O)OP(=O)(O)O)O2)c(=O)n1. The number of nitrogens with one attached hydrogen (secondary N) is 1. The van der Waals surface area contributed by atoms with E-state index < -0.39 is 54.2 Å². The maximum Gasteiger partial charge on any atom is 0.490 e. The van der Waals surface area contributed by atoms with E-state index in [2.05, 4.69) is 44.2 Å². The summed E-state index contributed by atoms with van der Waals surface area (Å²) in [5.41, 5.74) is -0.678. The molecule has 0 aromatic carbocycles. The number of rotatable bonds is 13. The number of hydrogen-bond acceptors (Lipinski definition) is 13. The van der Waals surface area contributed by atoms with Gasteiger partial charge in [-0.1, -0.05) is 42.4 Å². The van der Waals surface area contributed by atoms with Gasteiger partial charge in [0.05, 0.1) is 12.7 Å². The van der Waals surface area contributed by atoms with E-state index in [1.165, 1.54) is 12.3 Å². The van der Waals surface area contributed by atoms with Gasteiger partial charge >= 0.3 is 29.2 Å². The van der Waals surface area contributed by atoms with Crippen molar-refractivity contribution >= 4 is 50.9 Å². The summed E-state index contributed by atoms with van der Waals surface area (Å²) in [5.74, 6) is 1.13. The van der Waals surface area contributed by atoms with Crippen molar-refractivity contribution in [1.82, 2.24) is 9.55 Å². The minimum absolute atomic E-state index is 0.112. The average Bonchev–Trinajstić information content (AvgIpc) is 3.03. The summed E-state index contributed by atoms with van der Waals surface area (Å²) in [4.78, 5) is 52.1. The number of phosphoric ester groups is 1. The molecule has 1 aromatic heterocycles. The monoisotopic (exact) mass is 615 g/mol. The number of anilines is 1. The quantitative estimate of drug-likeness (QED) is 0.105. The van der Waals surface area contributed by atoms with Crippen molar-refractivity contribution in [2.24, 2.45) is 0 Å². The molecule has 1 aromatic rings. The van der Waals surface area contributed by atoms with E-state index in [4.69, 9.17) is 19.4 Å². The molecule has 0 bridgehead atoms. The van der Waals surface area contributed by atoms with Crippen molar-refractivity contribution in [2.75, 3.05) is 24.2 Å². The fourth-order valence-electron chi connectivity index (χ4n) is 2.68. The molecular formula is C15H28N3O13P3S2. The maximum atomic E-state index is 12.4. The number of phosphoric acid groups is 3. The molecule has 1 fully saturated rings. The molecule has 1 aliphatic heterocycles. The standard InChI is InChI=1S/C15H28N3O13P3S2/c1-15(2,3)36-35-7-5-16-12-4-6-18(14(20)17-12)13-8-10(19)11(29-13)9-28-33(24,25)31-34(26,27)30-32(21,22)23/h4,6,10-11,13,19H,5,7-9H2,1-3H3,(H,24,25)(H,26,27)(H,16,17,20)(H2,21,22,23)/t10-,11+,13+/m0/s1. The van der Waals surface area contributed by atoms with Gasteiger partial charge in [0.2, 0.25) is 0 Å². The van der Waals surface area contributed by atoms with Gasteiger partial charge in [0, 0.05) is 29.7 Å². The third-order valence-corrected chi connectivity index (χ3v) is 11.1. The largest absolute Gasteiger partial charge is 0.490 e. The van der Waals surface area contributed by atoms with Crippen molar-refractivity contribution in [3.63, 3.8) is 0 Å². The summed E-state index contributed by atoms with van der Waals surface area (Å²) in [7, 11) is -13.2. The first-order valence-corrected chi connectivity index (χ1v) is 17.0. The molecule has 1 aliphatic rings. The van der Waals surface area contributed by atoms with E-state index in [0.717, 1.165) is 10.3 Å². The molecule has 1 saturated heterocycles. The van der Waals surface area contributed by atoms with Crippen molar-refractivity contribution in [3.05, 3.63) is 22.7 Å². The second kappa shape index (κ2) is 12.7. The van der Waals surface area contributed by atoms with Crippen LogP contribution in [0.15, 0.2) is 17.1 Å². The minimum Gasteiger partial charge on any atom is -0.390 e. The third kappa shape index (κ3) is 11.6. The van der Waals surface area contributed by atoms with Crippen molar-refractivity contribution in [2.45, 2.75) is 50.4 Å². The number of aliphatic hydroxyl groups excluding tert-OH is 1. The number of aliphatic hydroxyl groups is 1. The molecular weight excluding hydrogens is 587 g/mol. The maximum absolute atomic E-state index is 12.4. The second-order valence-electron chi connectivity index (χ2n) is 8.27. The highest BCUT2D eigenvalue weighted by molar-refractivity contribution is 8.77. The summed E-state index contributed by atoms with van der Waals surface area (Å²) >= 11 is 0. The van der Waals surface area contributed by atoms with Crippen LogP contribution < -0.4 is 11.0 Å². The highest BCUT2D eigenvalue weighted by Gasteiger charge is 2.43. The van der Waals surface area contributed by atoms with Crippen LogP contribution in [-0.4, -0.2) is 70.1 Å². The third-order valence-electron chi connectivity index (χ3n) is 3.96. The number of hydrogen-bond donors (Lipinski definition) is 6. The number of aromatic nitrogens is 2. The van der Waals surface area contributed by atoms with E-state index in [1.807, 2.05) is 0 Å². The molecule has 36 heavy (non-hydrogen) atoms. The molecule has 0 amide bonds. The molecule has 2 unspecified atom stereocenters. The van der Waals surface area contributed by atoms with Crippen molar-refractivity contribution in [3.8, 4) is 0 Å². The molecule has 6 N–H and O–H groups in total. The second-order valence-corrected chi connectivity index (χ2v) is 15.9. The van der Waals surface area contributed by atoms with E-state index in [9.17, 15) is 28.5 Å². The molecule has 0 aliphatic carbocycles. The van der Waals surface area contributed by atoms with Crippen LogP contribution in [0.5, 0.6) is 0 Å². The van der Waals surface area contributed by atoms with E-state index in [-0.39, 0.29) is 11.2 Å². The van der Waals surface area contributed by atoms with Crippen LogP contribution in [0, 0.1) is 0 Å². The topological polar surface area (TPSA) is 236 Å². The van der Waals surface area contributed by atoms with Gasteiger partial charge in [-0.25, -0.2) is 18.5 Å². The average molecular weight is 615 g/mol. The first-order chi connectivity index (χ1) is 16.4. The Balaban J connectivity index is 1.89. The molecule has 5 atom stereocenters. The molecule has 0 radical (unpaired) electrons. The summed E-state index contributed by atoms with van der Waals surface area (Å²) < 4.78 is 52.2. The molecule has 2 rings (SSSR count). The zero-order valence-corrected chi connectivity index (χ0v) is 23.6. The van der Waals surface area contributed by atoms with Crippen LogP contribution in [0.2, 0.25) is 0 Å². The Kier molecular flexibility index (Phi) is 11.3. The Morgan fingerprint density at radius 3 is 2.44 bits per heavy atom. The first-order valence-electron chi connectivity index (χ1n) is 10.1. The van der Waals surface area contributed by atoms with Crippen LogP contribution in [-0.2, 0) is 31.6 Å². The van der Waals surface area contributed by atoms with Crippen LogP contribution in [0.25, 0.3) is 0 Å². The Morgan fingerprint density at radius 1 is 1.19 bits per heavy atom. The molecule has 0 saturated carbocycles. The lowest BCUT2D eigenvalue weighted by atomic mass is 10.2. The van der Waals surface area contributed by atoms with Crippen LogP contribution >= 0.6 is 45.1 Å².